The quantitative estimate of drug-likeness (QED) is 0.778. The van der Waals surface area contributed by atoms with Gasteiger partial charge in [0.25, 0.3) is 0 Å². The van der Waals surface area contributed by atoms with Crippen LogP contribution in [-0.2, 0) is 9.59 Å². The van der Waals surface area contributed by atoms with Crippen molar-refractivity contribution in [3.05, 3.63) is 0 Å². The number of carbonyl (C=O) groups excluding carboxylic acids is 2. The standard InChI is InChI=1S/C13H23N3O2/c1-15(9-11(17)16-7-2-3-8-16)12(18)13(10-14)5-4-6-13/h2-10,14H2,1H3. The van der Waals surface area contributed by atoms with Gasteiger partial charge in [0.05, 0.1) is 12.0 Å². The molecule has 2 N–H and O–H groups in total. The van der Waals surface area contributed by atoms with E-state index in [4.69, 9.17) is 5.73 Å². The summed E-state index contributed by atoms with van der Waals surface area (Å²) in [4.78, 5) is 27.7. The zero-order chi connectivity index (χ0) is 13.2. The molecular weight excluding hydrogens is 230 g/mol. The summed E-state index contributed by atoms with van der Waals surface area (Å²) in [5, 5.41) is 0. The van der Waals surface area contributed by atoms with Crippen LogP contribution >= 0.6 is 0 Å². The lowest BCUT2D eigenvalue weighted by Crippen LogP contribution is -2.52. The minimum atomic E-state index is -0.375. The Bertz CT molecular complexity index is 328. The van der Waals surface area contributed by atoms with E-state index >= 15 is 0 Å². The minimum Gasteiger partial charge on any atom is -0.341 e. The highest BCUT2D eigenvalue weighted by molar-refractivity contribution is 5.88. The van der Waals surface area contributed by atoms with Gasteiger partial charge < -0.3 is 15.5 Å². The van der Waals surface area contributed by atoms with Crippen molar-refractivity contribution in [3.63, 3.8) is 0 Å². The van der Waals surface area contributed by atoms with Crippen molar-refractivity contribution in [1.29, 1.82) is 0 Å². The van der Waals surface area contributed by atoms with Crippen LogP contribution in [0.15, 0.2) is 0 Å². The van der Waals surface area contributed by atoms with Crippen molar-refractivity contribution in [2.75, 3.05) is 33.2 Å². The second kappa shape index (κ2) is 5.26. The first-order chi connectivity index (χ1) is 8.59. The first kappa shape index (κ1) is 13.3. The molecular formula is C13H23N3O2. The highest BCUT2D eigenvalue weighted by Gasteiger charge is 2.44. The number of hydrogen-bond acceptors (Lipinski definition) is 3. The smallest absolute Gasteiger partial charge is 0.242 e. The van der Waals surface area contributed by atoms with E-state index < -0.39 is 0 Å². The van der Waals surface area contributed by atoms with Gasteiger partial charge in [0, 0.05) is 26.7 Å². The molecule has 18 heavy (non-hydrogen) atoms. The summed E-state index contributed by atoms with van der Waals surface area (Å²) in [7, 11) is 1.71. The van der Waals surface area contributed by atoms with Crippen LogP contribution in [0.2, 0.25) is 0 Å². The third-order valence-electron chi connectivity index (χ3n) is 4.33. The molecule has 1 aliphatic heterocycles. The molecule has 2 rings (SSSR count). The molecule has 0 unspecified atom stereocenters. The molecule has 2 fully saturated rings. The normalized spacial score (nSPS) is 21.6. The van der Waals surface area contributed by atoms with Crippen molar-refractivity contribution >= 4 is 11.8 Å². The lowest BCUT2D eigenvalue weighted by atomic mass is 9.68. The number of nitrogens with zero attached hydrogens (tertiary/aromatic N) is 2. The van der Waals surface area contributed by atoms with E-state index in [1.807, 2.05) is 4.90 Å². The average Bonchev–Trinajstić information content (AvgIpc) is 2.81. The molecule has 1 aliphatic carbocycles. The van der Waals surface area contributed by atoms with E-state index in [-0.39, 0.29) is 23.8 Å². The zero-order valence-electron chi connectivity index (χ0n) is 11.2. The van der Waals surface area contributed by atoms with Crippen LogP contribution in [0.4, 0.5) is 0 Å². The molecule has 1 heterocycles. The second-order valence-electron chi connectivity index (χ2n) is 5.59. The number of carbonyl (C=O) groups is 2. The van der Waals surface area contributed by atoms with Crippen LogP contribution in [0.5, 0.6) is 0 Å². The van der Waals surface area contributed by atoms with Crippen molar-refractivity contribution < 1.29 is 9.59 Å². The number of rotatable bonds is 4. The fourth-order valence-corrected chi connectivity index (χ4v) is 2.85. The maximum absolute atomic E-state index is 12.3. The monoisotopic (exact) mass is 253 g/mol. The zero-order valence-corrected chi connectivity index (χ0v) is 11.2. The molecule has 0 aromatic carbocycles. The SMILES string of the molecule is CN(CC(=O)N1CCCC1)C(=O)C1(CN)CCC1. The molecule has 0 spiro atoms. The summed E-state index contributed by atoms with van der Waals surface area (Å²) >= 11 is 0. The fourth-order valence-electron chi connectivity index (χ4n) is 2.85. The van der Waals surface area contributed by atoms with E-state index in [0.29, 0.717) is 6.54 Å². The van der Waals surface area contributed by atoms with Crippen molar-refractivity contribution in [2.24, 2.45) is 11.1 Å². The molecule has 0 aromatic heterocycles. The van der Waals surface area contributed by atoms with Gasteiger partial charge in [-0.1, -0.05) is 6.42 Å². The van der Waals surface area contributed by atoms with Crippen LogP contribution in [0.25, 0.3) is 0 Å². The molecule has 1 saturated carbocycles. The third kappa shape index (κ3) is 2.36. The Hall–Kier alpha value is -1.10. The topological polar surface area (TPSA) is 66.6 Å². The van der Waals surface area contributed by atoms with Gasteiger partial charge in [0.1, 0.15) is 0 Å². The van der Waals surface area contributed by atoms with Gasteiger partial charge in [-0.15, -0.1) is 0 Å². The summed E-state index contributed by atoms with van der Waals surface area (Å²) in [6.07, 6.45) is 4.96. The molecule has 0 radical (unpaired) electrons. The molecule has 1 saturated heterocycles. The average molecular weight is 253 g/mol. The summed E-state index contributed by atoms with van der Waals surface area (Å²) in [5.74, 6) is 0.110. The van der Waals surface area contributed by atoms with Crippen LogP contribution in [-0.4, -0.2) is 54.8 Å². The number of nitrogens with two attached hydrogens (primary N) is 1. The summed E-state index contributed by atoms with van der Waals surface area (Å²) in [6.45, 7) is 2.26. The minimum absolute atomic E-state index is 0.0452. The van der Waals surface area contributed by atoms with E-state index in [9.17, 15) is 9.59 Å². The van der Waals surface area contributed by atoms with Gasteiger partial charge in [-0.2, -0.15) is 0 Å². The predicted molar refractivity (Wildman–Crippen MR) is 68.8 cm³/mol. The molecule has 0 aromatic rings. The molecule has 5 nitrogen and oxygen atoms in total. The number of hydrogen-bond donors (Lipinski definition) is 1. The van der Waals surface area contributed by atoms with Crippen molar-refractivity contribution in [1.82, 2.24) is 9.80 Å². The Kier molecular flexibility index (Phi) is 3.90. The van der Waals surface area contributed by atoms with Crippen molar-refractivity contribution in [3.8, 4) is 0 Å². The lowest BCUT2D eigenvalue weighted by molar-refractivity contribution is -0.149. The van der Waals surface area contributed by atoms with Gasteiger partial charge in [-0.25, -0.2) is 0 Å². The van der Waals surface area contributed by atoms with Gasteiger partial charge in [-0.3, -0.25) is 9.59 Å². The Morgan fingerprint density at radius 2 is 1.83 bits per heavy atom. The van der Waals surface area contributed by atoms with Gasteiger partial charge in [-0.05, 0) is 25.7 Å². The van der Waals surface area contributed by atoms with Crippen LogP contribution in [0, 0.1) is 5.41 Å². The highest BCUT2D eigenvalue weighted by atomic mass is 16.2. The van der Waals surface area contributed by atoms with Crippen molar-refractivity contribution in [2.45, 2.75) is 32.1 Å². The first-order valence-electron chi connectivity index (χ1n) is 6.82. The second-order valence-corrected chi connectivity index (χ2v) is 5.59. The molecule has 0 bridgehead atoms. The number of likely N-dealkylation sites (tertiary alicyclic amines) is 1. The van der Waals surface area contributed by atoms with Crippen LogP contribution < -0.4 is 5.73 Å². The maximum Gasteiger partial charge on any atom is 0.242 e. The van der Waals surface area contributed by atoms with Gasteiger partial charge >= 0.3 is 0 Å². The Morgan fingerprint density at radius 1 is 1.22 bits per heavy atom. The summed E-state index contributed by atoms with van der Waals surface area (Å²) < 4.78 is 0. The summed E-state index contributed by atoms with van der Waals surface area (Å²) in [5.41, 5.74) is 5.34. The van der Waals surface area contributed by atoms with E-state index in [0.717, 1.165) is 45.2 Å². The molecule has 5 heteroatoms. The van der Waals surface area contributed by atoms with Crippen LogP contribution in [0.1, 0.15) is 32.1 Å². The number of likely N-dealkylation sites (N-methyl/N-ethyl adjacent to an activating group) is 1. The van der Waals surface area contributed by atoms with Crippen LogP contribution in [0.3, 0.4) is 0 Å². The Labute approximate surface area is 108 Å². The molecule has 102 valence electrons. The fraction of sp³-hybridized carbons (Fsp3) is 0.846. The van der Waals surface area contributed by atoms with Gasteiger partial charge in [0.2, 0.25) is 11.8 Å². The number of amides is 2. The Morgan fingerprint density at radius 3 is 2.28 bits per heavy atom. The molecule has 0 atom stereocenters. The Balaban J connectivity index is 1.88. The largest absolute Gasteiger partial charge is 0.341 e. The van der Waals surface area contributed by atoms with E-state index in [1.54, 1.807) is 11.9 Å². The third-order valence-corrected chi connectivity index (χ3v) is 4.33. The molecule has 2 amide bonds. The first-order valence-corrected chi connectivity index (χ1v) is 6.82. The van der Waals surface area contributed by atoms with E-state index in [1.165, 1.54) is 0 Å². The van der Waals surface area contributed by atoms with Gasteiger partial charge in [0.15, 0.2) is 0 Å². The maximum atomic E-state index is 12.3. The highest BCUT2D eigenvalue weighted by Crippen LogP contribution is 2.41. The lowest BCUT2D eigenvalue weighted by Gasteiger charge is -2.41. The van der Waals surface area contributed by atoms with E-state index in [2.05, 4.69) is 0 Å². The molecule has 2 aliphatic rings. The predicted octanol–water partition coefficient (Wildman–Crippen LogP) is 0.196. The summed E-state index contributed by atoms with van der Waals surface area (Å²) in [6, 6.07) is 0.